The molecule has 0 aliphatic heterocycles. The summed E-state index contributed by atoms with van der Waals surface area (Å²) >= 11 is 1.76. The van der Waals surface area contributed by atoms with Crippen molar-refractivity contribution in [1.29, 1.82) is 5.26 Å². The van der Waals surface area contributed by atoms with Crippen molar-refractivity contribution >= 4 is 11.8 Å². The van der Waals surface area contributed by atoms with Crippen LogP contribution >= 0.6 is 11.8 Å². The van der Waals surface area contributed by atoms with E-state index in [4.69, 9.17) is 5.26 Å². The van der Waals surface area contributed by atoms with E-state index in [1.165, 1.54) is 10.5 Å². The molecule has 0 spiro atoms. The van der Waals surface area contributed by atoms with Crippen molar-refractivity contribution in [2.75, 3.05) is 0 Å². The molecule has 0 heterocycles. The number of nitrogens with zero attached hydrogens (tertiary/aromatic N) is 1. The number of nitriles is 1. The van der Waals surface area contributed by atoms with Crippen molar-refractivity contribution in [3.8, 4) is 6.07 Å². The van der Waals surface area contributed by atoms with E-state index in [0.29, 0.717) is 6.04 Å². The van der Waals surface area contributed by atoms with Gasteiger partial charge in [0, 0.05) is 23.2 Å². The van der Waals surface area contributed by atoms with Gasteiger partial charge in [-0.3, -0.25) is 0 Å². The number of rotatable bonds is 6. The largest absolute Gasteiger partial charge is 0.310 e. The van der Waals surface area contributed by atoms with Crippen molar-refractivity contribution < 1.29 is 0 Å². The molecule has 2 nitrogen and oxygen atoms in total. The van der Waals surface area contributed by atoms with Gasteiger partial charge in [-0.25, -0.2) is 0 Å². The minimum absolute atomic E-state index is 0.501. The predicted molar refractivity (Wildman–Crippen MR) is 89.1 cm³/mol. The van der Waals surface area contributed by atoms with Crippen LogP contribution in [0.4, 0.5) is 0 Å². The van der Waals surface area contributed by atoms with Gasteiger partial charge in [0.2, 0.25) is 0 Å². The highest BCUT2D eigenvalue weighted by Crippen LogP contribution is 2.24. The fourth-order valence-electron chi connectivity index (χ4n) is 1.94. The Labute approximate surface area is 131 Å². The van der Waals surface area contributed by atoms with Gasteiger partial charge >= 0.3 is 0 Å². The van der Waals surface area contributed by atoms with E-state index in [2.05, 4.69) is 49.5 Å². The van der Waals surface area contributed by atoms with Crippen LogP contribution in [0.15, 0.2) is 53.4 Å². The van der Waals surface area contributed by atoms with Gasteiger partial charge in [0.15, 0.2) is 0 Å². The highest BCUT2D eigenvalue weighted by molar-refractivity contribution is 7.98. The standard InChI is InChI=1S/C18H20N2S/c1-14(2)20-12-15-7-9-18(10-8-15)21-13-17-6-4-3-5-16(17)11-19/h3-10,14,20H,12-13H2,1-2H3. The first-order valence-corrected chi connectivity index (χ1v) is 8.10. The first kappa shape index (κ1) is 15.6. The van der Waals surface area contributed by atoms with Crippen LogP contribution in [0.2, 0.25) is 0 Å². The Bertz CT molecular complexity index is 612. The number of benzene rings is 2. The van der Waals surface area contributed by atoms with Crippen LogP contribution in [-0.2, 0) is 12.3 Å². The van der Waals surface area contributed by atoms with Crippen LogP contribution < -0.4 is 5.32 Å². The third kappa shape index (κ3) is 4.93. The lowest BCUT2D eigenvalue weighted by atomic mass is 10.1. The molecule has 0 aliphatic rings. The molecule has 21 heavy (non-hydrogen) atoms. The lowest BCUT2D eigenvalue weighted by Crippen LogP contribution is -2.21. The van der Waals surface area contributed by atoms with Gasteiger partial charge in [-0.1, -0.05) is 44.2 Å². The number of hydrogen-bond donors (Lipinski definition) is 1. The lowest BCUT2D eigenvalue weighted by molar-refractivity contribution is 0.588. The minimum atomic E-state index is 0.501. The predicted octanol–water partition coefficient (Wildman–Crippen LogP) is 4.35. The Morgan fingerprint density at radius 3 is 2.48 bits per heavy atom. The Morgan fingerprint density at radius 2 is 1.81 bits per heavy atom. The summed E-state index contributed by atoms with van der Waals surface area (Å²) in [7, 11) is 0. The SMILES string of the molecule is CC(C)NCc1ccc(SCc2ccccc2C#N)cc1. The molecule has 0 bridgehead atoms. The summed E-state index contributed by atoms with van der Waals surface area (Å²) in [5.74, 6) is 0.827. The van der Waals surface area contributed by atoms with Crippen LogP contribution in [0, 0.1) is 11.3 Å². The summed E-state index contributed by atoms with van der Waals surface area (Å²) in [6.45, 7) is 5.20. The van der Waals surface area contributed by atoms with Gasteiger partial charge in [-0.05, 0) is 29.3 Å². The average Bonchev–Trinajstić information content (AvgIpc) is 2.52. The quantitative estimate of drug-likeness (QED) is 0.805. The fourth-order valence-corrected chi connectivity index (χ4v) is 2.84. The number of thioether (sulfide) groups is 1. The summed E-state index contributed by atoms with van der Waals surface area (Å²) in [5.41, 5.74) is 3.16. The van der Waals surface area contributed by atoms with Gasteiger partial charge in [0.1, 0.15) is 0 Å². The molecule has 2 rings (SSSR count). The monoisotopic (exact) mass is 296 g/mol. The molecule has 0 unspecified atom stereocenters. The first-order valence-electron chi connectivity index (χ1n) is 7.12. The van der Waals surface area contributed by atoms with Gasteiger partial charge in [0.05, 0.1) is 11.6 Å². The molecule has 2 aromatic carbocycles. The molecule has 0 fully saturated rings. The normalized spacial score (nSPS) is 10.6. The van der Waals surface area contributed by atoms with Gasteiger partial charge < -0.3 is 5.32 Å². The van der Waals surface area contributed by atoms with E-state index < -0.39 is 0 Å². The lowest BCUT2D eigenvalue weighted by Gasteiger charge is -2.09. The molecule has 3 heteroatoms. The van der Waals surface area contributed by atoms with E-state index in [-0.39, 0.29) is 0 Å². The maximum absolute atomic E-state index is 9.09. The highest BCUT2D eigenvalue weighted by atomic mass is 32.2. The molecule has 0 atom stereocenters. The third-order valence-electron chi connectivity index (χ3n) is 3.17. The molecule has 108 valence electrons. The minimum Gasteiger partial charge on any atom is -0.310 e. The average molecular weight is 296 g/mol. The first-order chi connectivity index (χ1) is 10.2. The second-order valence-corrected chi connectivity index (χ2v) is 6.29. The smallest absolute Gasteiger partial charge is 0.0994 e. The maximum atomic E-state index is 9.09. The third-order valence-corrected chi connectivity index (χ3v) is 4.23. The van der Waals surface area contributed by atoms with Crippen LogP contribution in [0.1, 0.15) is 30.5 Å². The fraction of sp³-hybridized carbons (Fsp3) is 0.278. The molecule has 0 radical (unpaired) electrons. The summed E-state index contributed by atoms with van der Waals surface area (Å²) in [5, 5.41) is 12.5. The molecule has 0 saturated carbocycles. The second-order valence-electron chi connectivity index (χ2n) is 5.24. The number of hydrogen-bond acceptors (Lipinski definition) is 3. The summed E-state index contributed by atoms with van der Waals surface area (Å²) < 4.78 is 0. The van der Waals surface area contributed by atoms with Crippen molar-refractivity contribution in [2.45, 2.75) is 37.1 Å². The van der Waals surface area contributed by atoms with Gasteiger partial charge in [-0.2, -0.15) is 5.26 Å². The van der Waals surface area contributed by atoms with Crippen molar-refractivity contribution in [3.05, 3.63) is 65.2 Å². The zero-order chi connectivity index (χ0) is 15.1. The molecular formula is C18H20N2S. The van der Waals surface area contributed by atoms with Crippen LogP contribution in [0.25, 0.3) is 0 Å². The summed E-state index contributed by atoms with van der Waals surface area (Å²) in [6.07, 6.45) is 0. The van der Waals surface area contributed by atoms with Crippen molar-refractivity contribution in [3.63, 3.8) is 0 Å². The van der Waals surface area contributed by atoms with Gasteiger partial charge in [-0.15, -0.1) is 11.8 Å². The highest BCUT2D eigenvalue weighted by Gasteiger charge is 2.02. The van der Waals surface area contributed by atoms with E-state index in [9.17, 15) is 0 Å². The summed E-state index contributed by atoms with van der Waals surface area (Å²) in [4.78, 5) is 1.23. The summed E-state index contributed by atoms with van der Waals surface area (Å²) in [6, 6.07) is 19.2. The Kier molecular flexibility index (Phi) is 5.86. The van der Waals surface area contributed by atoms with E-state index in [1.54, 1.807) is 11.8 Å². The zero-order valence-electron chi connectivity index (χ0n) is 12.5. The molecule has 0 aromatic heterocycles. The molecule has 1 N–H and O–H groups in total. The van der Waals surface area contributed by atoms with Crippen LogP contribution in [0.5, 0.6) is 0 Å². The molecule has 0 saturated heterocycles. The maximum Gasteiger partial charge on any atom is 0.0994 e. The van der Waals surface area contributed by atoms with E-state index in [1.807, 2.05) is 24.3 Å². The van der Waals surface area contributed by atoms with Crippen LogP contribution in [0.3, 0.4) is 0 Å². The molecule has 0 amide bonds. The van der Waals surface area contributed by atoms with Crippen molar-refractivity contribution in [1.82, 2.24) is 5.32 Å². The molecular weight excluding hydrogens is 276 g/mol. The Hall–Kier alpha value is -1.76. The Morgan fingerprint density at radius 1 is 1.10 bits per heavy atom. The van der Waals surface area contributed by atoms with Crippen LogP contribution in [-0.4, -0.2) is 6.04 Å². The second kappa shape index (κ2) is 7.87. The number of nitrogens with one attached hydrogen (secondary N) is 1. The molecule has 0 aliphatic carbocycles. The Balaban J connectivity index is 1.93. The molecule has 2 aromatic rings. The van der Waals surface area contributed by atoms with E-state index in [0.717, 1.165) is 23.4 Å². The topological polar surface area (TPSA) is 35.8 Å². The van der Waals surface area contributed by atoms with E-state index >= 15 is 0 Å². The van der Waals surface area contributed by atoms with Crippen molar-refractivity contribution in [2.24, 2.45) is 0 Å². The zero-order valence-corrected chi connectivity index (χ0v) is 13.3. The van der Waals surface area contributed by atoms with Gasteiger partial charge in [0.25, 0.3) is 0 Å².